The molecule has 6 heteroatoms. The van der Waals surface area contributed by atoms with Crippen LogP contribution >= 0.6 is 0 Å². The molecule has 1 amide bonds. The summed E-state index contributed by atoms with van der Waals surface area (Å²) in [6, 6.07) is 6.78. The number of aryl methyl sites for hydroxylation is 1. The molecule has 0 unspecified atom stereocenters. The first-order valence-corrected chi connectivity index (χ1v) is 5.99. The first-order valence-electron chi connectivity index (χ1n) is 5.99. The number of anilines is 1. The van der Waals surface area contributed by atoms with E-state index >= 15 is 0 Å². The van der Waals surface area contributed by atoms with Gasteiger partial charge in [0.2, 0.25) is 0 Å². The fourth-order valence-corrected chi connectivity index (χ4v) is 1.82. The molecule has 0 aliphatic rings. The summed E-state index contributed by atoms with van der Waals surface area (Å²) >= 11 is 0. The molecule has 0 saturated heterocycles. The molecule has 4 nitrogen and oxygen atoms in total. The zero-order valence-corrected chi connectivity index (χ0v) is 11.0. The van der Waals surface area contributed by atoms with Gasteiger partial charge in [0.15, 0.2) is 0 Å². The van der Waals surface area contributed by atoms with Gasteiger partial charge < -0.3 is 10.4 Å². The van der Waals surface area contributed by atoms with Crippen molar-refractivity contribution in [1.29, 1.82) is 0 Å². The number of carboxylic acids is 1. The molecule has 0 radical (unpaired) electrons. The Hall–Kier alpha value is -2.76. The van der Waals surface area contributed by atoms with Crippen molar-refractivity contribution in [2.24, 2.45) is 0 Å². The second-order valence-corrected chi connectivity index (χ2v) is 4.41. The molecule has 0 aliphatic carbocycles. The number of halogens is 2. The summed E-state index contributed by atoms with van der Waals surface area (Å²) in [4.78, 5) is 22.7. The van der Waals surface area contributed by atoms with Gasteiger partial charge in [-0.25, -0.2) is 13.6 Å². The Morgan fingerprint density at radius 2 is 1.81 bits per heavy atom. The molecule has 0 atom stereocenters. The molecule has 0 saturated carbocycles. The molecule has 2 N–H and O–H groups in total. The number of rotatable bonds is 3. The number of carbonyl (C=O) groups is 2. The maximum atomic E-state index is 13.7. The van der Waals surface area contributed by atoms with E-state index in [1.807, 2.05) is 0 Å². The van der Waals surface area contributed by atoms with Crippen LogP contribution in [-0.4, -0.2) is 17.0 Å². The van der Waals surface area contributed by atoms with E-state index in [-0.39, 0.29) is 16.8 Å². The number of amides is 1. The summed E-state index contributed by atoms with van der Waals surface area (Å²) < 4.78 is 26.7. The van der Waals surface area contributed by atoms with Crippen molar-refractivity contribution in [2.75, 3.05) is 5.32 Å². The van der Waals surface area contributed by atoms with E-state index < -0.39 is 23.5 Å². The molecule has 0 fully saturated rings. The van der Waals surface area contributed by atoms with Crippen molar-refractivity contribution in [2.45, 2.75) is 6.92 Å². The number of nitrogens with one attached hydrogen (secondary N) is 1. The molecular weight excluding hydrogens is 280 g/mol. The second-order valence-electron chi connectivity index (χ2n) is 4.41. The fraction of sp³-hybridized carbons (Fsp3) is 0.0667. The van der Waals surface area contributed by atoms with E-state index in [0.717, 1.165) is 18.2 Å². The fourth-order valence-electron chi connectivity index (χ4n) is 1.82. The van der Waals surface area contributed by atoms with Crippen LogP contribution in [-0.2, 0) is 0 Å². The first kappa shape index (κ1) is 14.6. The second kappa shape index (κ2) is 5.70. The van der Waals surface area contributed by atoms with Crippen LogP contribution in [0.3, 0.4) is 0 Å². The van der Waals surface area contributed by atoms with Crippen molar-refractivity contribution in [3.63, 3.8) is 0 Å². The van der Waals surface area contributed by atoms with E-state index in [0.29, 0.717) is 5.56 Å². The molecule has 2 aromatic rings. The molecule has 0 aromatic heterocycles. The quantitative estimate of drug-likeness (QED) is 0.912. The third-order valence-electron chi connectivity index (χ3n) is 2.90. The van der Waals surface area contributed by atoms with Gasteiger partial charge in [0.1, 0.15) is 11.6 Å². The van der Waals surface area contributed by atoms with Crippen molar-refractivity contribution >= 4 is 17.6 Å². The monoisotopic (exact) mass is 291 g/mol. The highest BCUT2D eigenvalue weighted by atomic mass is 19.1. The van der Waals surface area contributed by atoms with Gasteiger partial charge in [0.25, 0.3) is 5.91 Å². The molecule has 2 rings (SSSR count). The van der Waals surface area contributed by atoms with Gasteiger partial charge in [-0.3, -0.25) is 4.79 Å². The Bertz CT molecular complexity index is 729. The lowest BCUT2D eigenvalue weighted by Crippen LogP contribution is -2.15. The highest BCUT2D eigenvalue weighted by Crippen LogP contribution is 2.18. The average molecular weight is 291 g/mol. The minimum absolute atomic E-state index is 0.145. The zero-order chi connectivity index (χ0) is 15.6. The van der Waals surface area contributed by atoms with Gasteiger partial charge >= 0.3 is 5.97 Å². The van der Waals surface area contributed by atoms with Gasteiger partial charge in [-0.05, 0) is 48.9 Å². The topological polar surface area (TPSA) is 66.4 Å². The highest BCUT2D eigenvalue weighted by molar-refractivity contribution is 6.05. The Balaban J connectivity index is 2.25. The smallest absolute Gasteiger partial charge is 0.335 e. The summed E-state index contributed by atoms with van der Waals surface area (Å²) in [6.45, 7) is 1.56. The summed E-state index contributed by atoms with van der Waals surface area (Å²) in [6.07, 6.45) is 0. The number of carboxylic acid groups (broad SMARTS) is 1. The minimum atomic E-state index is -1.26. The van der Waals surface area contributed by atoms with Crippen molar-refractivity contribution in [3.8, 4) is 0 Å². The standard InChI is InChI=1S/C15H11F2NO3/c1-8-6-10(16)3-4-11(8)14(19)18-13-5-2-9(15(20)21)7-12(13)17/h2-7H,1H3,(H,18,19)(H,20,21). The lowest BCUT2D eigenvalue weighted by Gasteiger charge is -2.09. The SMILES string of the molecule is Cc1cc(F)ccc1C(=O)Nc1ccc(C(=O)O)cc1F. The van der Waals surface area contributed by atoms with Crippen LogP contribution in [0.25, 0.3) is 0 Å². The summed E-state index contributed by atoms with van der Waals surface area (Å²) in [5, 5.41) is 11.1. The highest BCUT2D eigenvalue weighted by Gasteiger charge is 2.14. The Labute approximate surface area is 119 Å². The van der Waals surface area contributed by atoms with Crippen molar-refractivity contribution in [3.05, 3.63) is 64.7 Å². The molecule has 21 heavy (non-hydrogen) atoms. The minimum Gasteiger partial charge on any atom is -0.478 e. The van der Waals surface area contributed by atoms with Gasteiger partial charge in [0.05, 0.1) is 11.3 Å². The Morgan fingerprint density at radius 1 is 1.10 bits per heavy atom. The van der Waals surface area contributed by atoms with Crippen molar-refractivity contribution < 1.29 is 23.5 Å². The van der Waals surface area contributed by atoms with Gasteiger partial charge in [-0.2, -0.15) is 0 Å². The first-order chi connectivity index (χ1) is 9.88. The van der Waals surface area contributed by atoms with Crippen molar-refractivity contribution in [1.82, 2.24) is 0 Å². The predicted molar refractivity (Wildman–Crippen MR) is 72.4 cm³/mol. The van der Waals surface area contributed by atoms with Crippen LogP contribution in [0.1, 0.15) is 26.3 Å². The van der Waals surface area contributed by atoms with Gasteiger partial charge in [-0.1, -0.05) is 0 Å². The molecule has 0 spiro atoms. The number of carbonyl (C=O) groups excluding carboxylic acids is 1. The molecule has 108 valence electrons. The predicted octanol–water partition coefficient (Wildman–Crippen LogP) is 3.22. The zero-order valence-electron chi connectivity index (χ0n) is 11.0. The molecular formula is C15H11F2NO3. The molecule has 2 aromatic carbocycles. The maximum Gasteiger partial charge on any atom is 0.335 e. The van der Waals surface area contributed by atoms with Crippen LogP contribution in [0.5, 0.6) is 0 Å². The van der Waals surface area contributed by atoms with Crippen LogP contribution in [0.4, 0.5) is 14.5 Å². The van der Waals surface area contributed by atoms with Crippen LogP contribution in [0.15, 0.2) is 36.4 Å². The Morgan fingerprint density at radius 3 is 2.38 bits per heavy atom. The molecule has 0 aliphatic heterocycles. The number of hydrogen-bond acceptors (Lipinski definition) is 2. The van der Waals surface area contributed by atoms with E-state index in [1.165, 1.54) is 18.2 Å². The Kier molecular flexibility index (Phi) is 3.98. The summed E-state index contributed by atoms with van der Waals surface area (Å²) in [5.41, 5.74) is 0.255. The largest absolute Gasteiger partial charge is 0.478 e. The van der Waals surface area contributed by atoms with E-state index in [4.69, 9.17) is 5.11 Å². The van der Waals surface area contributed by atoms with E-state index in [2.05, 4.69) is 5.32 Å². The number of aromatic carboxylic acids is 1. The van der Waals surface area contributed by atoms with Gasteiger partial charge in [0, 0.05) is 5.56 Å². The van der Waals surface area contributed by atoms with E-state index in [1.54, 1.807) is 6.92 Å². The summed E-state index contributed by atoms with van der Waals surface area (Å²) in [7, 11) is 0. The van der Waals surface area contributed by atoms with E-state index in [9.17, 15) is 18.4 Å². The lowest BCUT2D eigenvalue weighted by molar-refractivity contribution is 0.0696. The van der Waals surface area contributed by atoms with Crippen LogP contribution in [0, 0.1) is 18.6 Å². The van der Waals surface area contributed by atoms with Crippen LogP contribution in [0.2, 0.25) is 0 Å². The average Bonchev–Trinajstić information content (AvgIpc) is 2.40. The summed E-state index contributed by atoms with van der Waals surface area (Å²) in [5.74, 6) is -3.19. The lowest BCUT2D eigenvalue weighted by atomic mass is 10.1. The normalized spacial score (nSPS) is 10.2. The van der Waals surface area contributed by atoms with Gasteiger partial charge in [-0.15, -0.1) is 0 Å². The molecule has 0 bridgehead atoms. The number of hydrogen-bond donors (Lipinski definition) is 2. The third-order valence-corrected chi connectivity index (χ3v) is 2.90. The molecule has 0 heterocycles. The van der Waals surface area contributed by atoms with Crippen LogP contribution < -0.4 is 5.32 Å². The third kappa shape index (κ3) is 3.22. The maximum absolute atomic E-state index is 13.7. The number of benzene rings is 2.